The van der Waals surface area contributed by atoms with E-state index in [1.165, 1.54) is 0 Å². The van der Waals surface area contributed by atoms with Crippen LogP contribution in [0.4, 0.5) is 4.79 Å². The summed E-state index contributed by atoms with van der Waals surface area (Å²) in [5, 5.41) is 0. The fourth-order valence-corrected chi connectivity index (χ4v) is 0.277. The third-order valence-electron chi connectivity index (χ3n) is 0.524. The molecule has 0 aromatic heterocycles. The minimum absolute atomic E-state index is 0. The molecule has 9 heavy (non-hydrogen) atoms. The molecule has 0 saturated carbocycles. The molecule has 0 aliphatic carbocycles. The van der Waals surface area contributed by atoms with Crippen molar-refractivity contribution in [1.82, 2.24) is 0 Å². The van der Waals surface area contributed by atoms with Crippen LogP contribution in [-0.4, -0.2) is 19.4 Å². The summed E-state index contributed by atoms with van der Waals surface area (Å²) in [6.45, 7) is 4.21. The molecule has 0 radical (unpaired) electrons. The summed E-state index contributed by atoms with van der Waals surface area (Å²) in [5.41, 5.74) is 0. The third-order valence-corrected chi connectivity index (χ3v) is 0.524. The molecule has 0 atom stereocenters. The first-order valence-corrected chi connectivity index (χ1v) is 2.60. The Bertz CT molecular complexity index is 66.6. The second-order valence-corrected chi connectivity index (χ2v) is 1.12. The summed E-state index contributed by atoms with van der Waals surface area (Å²) in [5.74, 6) is 0. The molecule has 0 amide bonds. The van der Waals surface area contributed by atoms with Gasteiger partial charge in [-0.25, -0.2) is 4.79 Å². The molecule has 0 bridgehead atoms. The van der Waals surface area contributed by atoms with Gasteiger partial charge in [0.2, 0.25) is 0 Å². The van der Waals surface area contributed by atoms with Gasteiger partial charge in [0.15, 0.2) is 0 Å². The van der Waals surface area contributed by atoms with Gasteiger partial charge in [0.25, 0.3) is 0 Å². The molecule has 0 heterocycles. The van der Waals surface area contributed by atoms with Gasteiger partial charge in [0.05, 0.1) is 13.2 Å². The SMILES string of the molecule is CCOC(=O)OCC.[Ti]. The Kier molecular flexibility index (Phi) is 10.4. The average Bonchev–Trinajstić information content (AvgIpc) is 1.68. The summed E-state index contributed by atoms with van der Waals surface area (Å²) < 4.78 is 8.84. The molecular weight excluding hydrogens is 156 g/mol. The molecule has 0 aromatic rings. The fourth-order valence-electron chi connectivity index (χ4n) is 0.277. The standard InChI is InChI=1S/C5H10O3.Ti/c1-3-7-5(6)8-4-2;/h3-4H2,1-2H3;. The van der Waals surface area contributed by atoms with Crippen molar-refractivity contribution in [2.75, 3.05) is 13.2 Å². The van der Waals surface area contributed by atoms with Crippen molar-refractivity contribution in [3.05, 3.63) is 0 Å². The molecule has 0 aliphatic rings. The van der Waals surface area contributed by atoms with E-state index in [4.69, 9.17) is 0 Å². The Morgan fingerprint density at radius 3 is 1.78 bits per heavy atom. The van der Waals surface area contributed by atoms with Crippen molar-refractivity contribution in [1.29, 1.82) is 0 Å². The Morgan fingerprint density at radius 1 is 1.22 bits per heavy atom. The maximum absolute atomic E-state index is 10.2. The summed E-state index contributed by atoms with van der Waals surface area (Å²) in [7, 11) is 0. The molecule has 4 heteroatoms. The molecule has 0 spiro atoms. The second-order valence-electron chi connectivity index (χ2n) is 1.12. The van der Waals surface area contributed by atoms with E-state index in [9.17, 15) is 4.79 Å². The largest absolute Gasteiger partial charge is 0.508 e. The van der Waals surface area contributed by atoms with Crippen LogP contribution < -0.4 is 0 Å². The van der Waals surface area contributed by atoms with Gasteiger partial charge in [-0.3, -0.25) is 0 Å². The number of carbonyl (C=O) groups excluding carboxylic acids is 1. The third kappa shape index (κ3) is 7.98. The van der Waals surface area contributed by atoms with Crippen molar-refractivity contribution in [3.8, 4) is 0 Å². The Morgan fingerprint density at radius 2 is 1.56 bits per heavy atom. The van der Waals surface area contributed by atoms with Crippen LogP contribution in [0.1, 0.15) is 13.8 Å². The Labute approximate surface area is 69.6 Å². The van der Waals surface area contributed by atoms with Crippen molar-refractivity contribution >= 4 is 6.16 Å². The molecule has 0 N–H and O–H groups in total. The minimum Gasteiger partial charge on any atom is -0.435 e. The van der Waals surface area contributed by atoms with Gasteiger partial charge in [0.1, 0.15) is 0 Å². The zero-order valence-corrected chi connectivity index (χ0v) is 7.20. The van der Waals surface area contributed by atoms with Crippen LogP contribution in [0.3, 0.4) is 0 Å². The van der Waals surface area contributed by atoms with Crippen molar-refractivity contribution in [2.24, 2.45) is 0 Å². The molecule has 0 rings (SSSR count). The van der Waals surface area contributed by atoms with E-state index < -0.39 is 6.16 Å². The Hall–Kier alpha value is -0.0157. The zero-order chi connectivity index (χ0) is 6.41. The number of rotatable bonds is 2. The second kappa shape index (κ2) is 7.98. The molecule has 3 nitrogen and oxygen atoms in total. The van der Waals surface area contributed by atoms with Crippen molar-refractivity contribution < 1.29 is 36.0 Å². The summed E-state index contributed by atoms with van der Waals surface area (Å²) in [4.78, 5) is 10.2. The van der Waals surface area contributed by atoms with Gasteiger partial charge < -0.3 is 9.47 Å². The minimum atomic E-state index is -0.588. The Balaban J connectivity index is 0. The van der Waals surface area contributed by atoms with E-state index in [-0.39, 0.29) is 21.7 Å². The first-order chi connectivity index (χ1) is 3.81. The monoisotopic (exact) mass is 166 g/mol. The van der Waals surface area contributed by atoms with Crippen LogP contribution in [0, 0.1) is 0 Å². The van der Waals surface area contributed by atoms with E-state index in [1.54, 1.807) is 13.8 Å². The molecule has 52 valence electrons. The van der Waals surface area contributed by atoms with Crippen LogP contribution >= 0.6 is 0 Å². The molecule has 0 aromatic carbocycles. The van der Waals surface area contributed by atoms with Crippen molar-refractivity contribution in [2.45, 2.75) is 13.8 Å². The fraction of sp³-hybridized carbons (Fsp3) is 0.800. The van der Waals surface area contributed by atoms with Gasteiger partial charge >= 0.3 is 6.16 Å². The van der Waals surface area contributed by atoms with E-state index in [0.717, 1.165) is 0 Å². The maximum Gasteiger partial charge on any atom is 0.508 e. The van der Waals surface area contributed by atoms with E-state index >= 15 is 0 Å². The topological polar surface area (TPSA) is 35.5 Å². The first-order valence-electron chi connectivity index (χ1n) is 2.60. The molecule has 0 fully saturated rings. The van der Waals surface area contributed by atoms with Crippen LogP contribution in [0.5, 0.6) is 0 Å². The van der Waals surface area contributed by atoms with Gasteiger partial charge in [0, 0.05) is 21.7 Å². The van der Waals surface area contributed by atoms with E-state index in [2.05, 4.69) is 9.47 Å². The number of hydrogen-bond donors (Lipinski definition) is 0. The first kappa shape index (κ1) is 11.7. The predicted molar refractivity (Wildman–Crippen MR) is 28.6 cm³/mol. The predicted octanol–water partition coefficient (Wildman–Crippen LogP) is 1.18. The van der Waals surface area contributed by atoms with Crippen LogP contribution in [-0.2, 0) is 31.2 Å². The van der Waals surface area contributed by atoms with E-state index in [0.29, 0.717) is 13.2 Å². The van der Waals surface area contributed by atoms with Gasteiger partial charge in [-0.1, -0.05) is 0 Å². The average molecular weight is 166 g/mol. The zero-order valence-electron chi connectivity index (χ0n) is 5.64. The normalized spacial score (nSPS) is 7.33. The molecular formula is C5H10O3Ti. The quantitative estimate of drug-likeness (QED) is 0.456. The van der Waals surface area contributed by atoms with Gasteiger partial charge in [-0.15, -0.1) is 0 Å². The number of hydrogen-bond acceptors (Lipinski definition) is 3. The van der Waals surface area contributed by atoms with Crippen LogP contribution in [0.15, 0.2) is 0 Å². The molecule has 0 unspecified atom stereocenters. The number of carbonyl (C=O) groups is 1. The maximum atomic E-state index is 10.2. The van der Waals surface area contributed by atoms with Crippen LogP contribution in [0.25, 0.3) is 0 Å². The van der Waals surface area contributed by atoms with Crippen molar-refractivity contribution in [3.63, 3.8) is 0 Å². The summed E-state index contributed by atoms with van der Waals surface area (Å²) >= 11 is 0. The summed E-state index contributed by atoms with van der Waals surface area (Å²) in [6, 6.07) is 0. The summed E-state index contributed by atoms with van der Waals surface area (Å²) in [6.07, 6.45) is -0.588. The molecule has 0 aliphatic heterocycles. The molecule has 0 saturated heterocycles. The van der Waals surface area contributed by atoms with Gasteiger partial charge in [-0.05, 0) is 13.8 Å². The smallest absolute Gasteiger partial charge is 0.435 e. The van der Waals surface area contributed by atoms with Gasteiger partial charge in [-0.2, -0.15) is 0 Å². The van der Waals surface area contributed by atoms with Crippen LogP contribution in [0.2, 0.25) is 0 Å². The number of ether oxygens (including phenoxy) is 2. The van der Waals surface area contributed by atoms with E-state index in [1.807, 2.05) is 0 Å².